The molecule has 20 heavy (non-hydrogen) atoms. The van der Waals surface area contributed by atoms with E-state index in [9.17, 15) is 9.59 Å². The molecular formula is C16H23NO3. The number of carboxylic acid groups (broad SMARTS) is 1. The Hall–Kier alpha value is -1.84. The maximum absolute atomic E-state index is 11.4. The van der Waals surface area contributed by atoms with Crippen molar-refractivity contribution in [3.63, 3.8) is 0 Å². The van der Waals surface area contributed by atoms with E-state index in [0.29, 0.717) is 0 Å². The Labute approximate surface area is 120 Å². The van der Waals surface area contributed by atoms with Crippen molar-refractivity contribution in [3.8, 4) is 0 Å². The highest BCUT2D eigenvalue weighted by molar-refractivity contribution is 5.99. The molecule has 1 rings (SSSR count). The lowest BCUT2D eigenvalue weighted by atomic mass is 10.1. The summed E-state index contributed by atoms with van der Waals surface area (Å²) in [6.45, 7) is 2.41. The molecule has 0 heterocycles. The molecule has 0 radical (unpaired) electrons. The lowest BCUT2D eigenvalue weighted by Gasteiger charge is -2.09. The van der Waals surface area contributed by atoms with Gasteiger partial charge in [0.15, 0.2) is 5.78 Å². The second kappa shape index (κ2) is 9.13. The van der Waals surface area contributed by atoms with Gasteiger partial charge in [-0.05, 0) is 31.9 Å². The van der Waals surface area contributed by atoms with Crippen LogP contribution in [0.4, 0.5) is 5.69 Å². The third-order valence-corrected chi connectivity index (χ3v) is 3.19. The zero-order valence-electron chi connectivity index (χ0n) is 12.0. The average molecular weight is 277 g/mol. The summed E-state index contributed by atoms with van der Waals surface area (Å²) in [7, 11) is 0. The minimum Gasteiger partial charge on any atom is -0.481 e. The molecule has 1 aromatic carbocycles. The number of Topliss-reactive ketones (excluding diaryl/α,β-unsaturated/α-hetero) is 1. The van der Waals surface area contributed by atoms with Crippen LogP contribution in [-0.2, 0) is 4.79 Å². The van der Waals surface area contributed by atoms with Crippen LogP contribution in [0.5, 0.6) is 0 Å². The summed E-state index contributed by atoms with van der Waals surface area (Å²) in [5, 5.41) is 11.8. The van der Waals surface area contributed by atoms with Crippen LogP contribution < -0.4 is 5.32 Å². The molecule has 0 atom stereocenters. The van der Waals surface area contributed by atoms with Crippen LogP contribution in [0.2, 0.25) is 0 Å². The van der Waals surface area contributed by atoms with Crippen molar-refractivity contribution in [1.29, 1.82) is 0 Å². The molecule has 0 amide bonds. The zero-order valence-corrected chi connectivity index (χ0v) is 12.0. The molecule has 0 unspecified atom stereocenters. The van der Waals surface area contributed by atoms with E-state index in [2.05, 4.69) is 5.32 Å². The van der Waals surface area contributed by atoms with E-state index in [4.69, 9.17) is 5.11 Å². The number of ketones is 1. The Morgan fingerprint density at radius 2 is 1.70 bits per heavy atom. The van der Waals surface area contributed by atoms with Gasteiger partial charge in [-0.3, -0.25) is 9.59 Å². The average Bonchev–Trinajstić information content (AvgIpc) is 2.41. The van der Waals surface area contributed by atoms with Crippen molar-refractivity contribution in [2.24, 2.45) is 0 Å². The first-order valence-electron chi connectivity index (χ1n) is 7.17. The third kappa shape index (κ3) is 6.36. The fourth-order valence-electron chi connectivity index (χ4n) is 2.10. The fourth-order valence-corrected chi connectivity index (χ4v) is 2.10. The van der Waals surface area contributed by atoms with Crippen molar-refractivity contribution in [2.75, 3.05) is 11.9 Å². The summed E-state index contributed by atoms with van der Waals surface area (Å²) in [5.74, 6) is -0.644. The lowest BCUT2D eigenvalue weighted by Crippen LogP contribution is -2.06. The fraction of sp³-hybridized carbons (Fsp3) is 0.500. The quantitative estimate of drug-likeness (QED) is 0.505. The second-order valence-electron chi connectivity index (χ2n) is 4.94. The standard InChI is InChI=1S/C16H23NO3/c1-13(18)14-9-6-7-10-15(14)17-12-8-4-2-3-5-11-16(19)20/h6-7,9-10,17H,2-5,8,11-12H2,1H3,(H,19,20). The van der Waals surface area contributed by atoms with E-state index >= 15 is 0 Å². The van der Waals surface area contributed by atoms with Gasteiger partial charge >= 0.3 is 5.97 Å². The number of nitrogens with one attached hydrogen (secondary N) is 1. The van der Waals surface area contributed by atoms with E-state index in [0.717, 1.165) is 49.9 Å². The SMILES string of the molecule is CC(=O)c1ccccc1NCCCCCCCC(=O)O. The highest BCUT2D eigenvalue weighted by Gasteiger charge is 2.04. The first-order chi connectivity index (χ1) is 9.61. The van der Waals surface area contributed by atoms with Crippen LogP contribution >= 0.6 is 0 Å². The van der Waals surface area contributed by atoms with Crippen LogP contribution in [0, 0.1) is 0 Å². The highest BCUT2D eigenvalue weighted by Crippen LogP contribution is 2.15. The number of hydrogen-bond acceptors (Lipinski definition) is 3. The molecule has 4 heteroatoms. The van der Waals surface area contributed by atoms with Crippen molar-refractivity contribution >= 4 is 17.4 Å². The van der Waals surface area contributed by atoms with E-state index in [-0.39, 0.29) is 12.2 Å². The number of carbonyl (C=O) groups is 2. The molecule has 0 aromatic heterocycles. The molecule has 110 valence electrons. The van der Waals surface area contributed by atoms with E-state index in [1.165, 1.54) is 0 Å². The summed E-state index contributed by atoms with van der Waals surface area (Å²) in [5.41, 5.74) is 1.62. The minimum atomic E-state index is -0.715. The Morgan fingerprint density at radius 1 is 1.05 bits per heavy atom. The number of carboxylic acids is 1. The normalized spacial score (nSPS) is 10.2. The Bertz CT molecular complexity index is 443. The molecule has 4 nitrogen and oxygen atoms in total. The molecule has 0 aliphatic rings. The molecule has 0 saturated heterocycles. The largest absolute Gasteiger partial charge is 0.481 e. The van der Waals surface area contributed by atoms with Crippen molar-refractivity contribution in [3.05, 3.63) is 29.8 Å². The van der Waals surface area contributed by atoms with Crippen molar-refractivity contribution in [2.45, 2.75) is 45.4 Å². The van der Waals surface area contributed by atoms with Gasteiger partial charge in [-0.15, -0.1) is 0 Å². The predicted molar refractivity (Wildman–Crippen MR) is 80.3 cm³/mol. The molecule has 0 bridgehead atoms. The van der Waals surface area contributed by atoms with Crippen LogP contribution in [0.25, 0.3) is 0 Å². The van der Waals surface area contributed by atoms with Gasteiger partial charge in [0.1, 0.15) is 0 Å². The topological polar surface area (TPSA) is 66.4 Å². The van der Waals surface area contributed by atoms with Crippen LogP contribution in [0.15, 0.2) is 24.3 Å². The number of anilines is 1. The maximum atomic E-state index is 11.4. The molecule has 0 spiro atoms. The van der Waals surface area contributed by atoms with Gasteiger partial charge in [0.2, 0.25) is 0 Å². The van der Waals surface area contributed by atoms with E-state index in [1.54, 1.807) is 6.92 Å². The number of para-hydroxylation sites is 1. The maximum Gasteiger partial charge on any atom is 0.303 e. The molecule has 2 N–H and O–H groups in total. The molecule has 0 saturated carbocycles. The summed E-state index contributed by atoms with van der Waals surface area (Å²) >= 11 is 0. The van der Waals surface area contributed by atoms with E-state index in [1.807, 2.05) is 24.3 Å². The Balaban J connectivity index is 2.15. The summed E-state index contributed by atoms with van der Waals surface area (Å²) < 4.78 is 0. The third-order valence-electron chi connectivity index (χ3n) is 3.19. The number of carbonyl (C=O) groups excluding carboxylic acids is 1. The smallest absolute Gasteiger partial charge is 0.303 e. The molecule has 0 aliphatic heterocycles. The molecule has 1 aromatic rings. The molecule has 0 fully saturated rings. The monoisotopic (exact) mass is 277 g/mol. The number of unbranched alkanes of at least 4 members (excludes halogenated alkanes) is 4. The van der Waals surface area contributed by atoms with Gasteiger partial charge in [-0.25, -0.2) is 0 Å². The van der Waals surface area contributed by atoms with Crippen LogP contribution in [0.1, 0.15) is 55.8 Å². The summed E-state index contributed by atoms with van der Waals surface area (Å²) in [6, 6.07) is 7.53. The minimum absolute atomic E-state index is 0.0711. The Kier molecular flexibility index (Phi) is 7.40. The van der Waals surface area contributed by atoms with Crippen LogP contribution in [-0.4, -0.2) is 23.4 Å². The molecular weight excluding hydrogens is 254 g/mol. The van der Waals surface area contributed by atoms with Gasteiger partial charge in [0.25, 0.3) is 0 Å². The number of aliphatic carboxylic acids is 1. The lowest BCUT2D eigenvalue weighted by molar-refractivity contribution is -0.137. The first-order valence-corrected chi connectivity index (χ1v) is 7.17. The van der Waals surface area contributed by atoms with Crippen LogP contribution in [0.3, 0.4) is 0 Å². The van der Waals surface area contributed by atoms with Gasteiger partial charge in [0.05, 0.1) is 0 Å². The number of benzene rings is 1. The second-order valence-corrected chi connectivity index (χ2v) is 4.94. The van der Waals surface area contributed by atoms with Gasteiger partial charge in [0, 0.05) is 24.2 Å². The van der Waals surface area contributed by atoms with Gasteiger partial charge in [-0.2, -0.15) is 0 Å². The van der Waals surface area contributed by atoms with Crippen molar-refractivity contribution < 1.29 is 14.7 Å². The van der Waals surface area contributed by atoms with Crippen molar-refractivity contribution in [1.82, 2.24) is 0 Å². The summed E-state index contributed by atoms with van der Waals surface area (Å²) in [4.78, 5) is 21.8. The number of rotatable bonds is 10. The van der Waals surface area contributed by atoms with Gasteiger partial charge in [-0.1, -0.05) is 31.4 Å². The highest BCUT2D eigenvalue weighted by atomic mass is 16.4. The number of hydrogen-bond donors (Lipinski definition) is 2. The van der Waals surface area contributed by atoms with E-state index < -0.39 is 5.97 Å². The van der Waals surface area contributed by atoms with Gasteiger partial charge < -0.3 is 10.4 Å². The first kappa shape index (κ1) is 16.2. The molecule has 0 aliphatic carbocycles. The summed E-state index contributed by atoms with van der Waals surface area (Å²) in [6.07, 6.45) is 5.16. The Morgan fingerprint density at radius 3 is 2.40 bits per heavy atom. The zero-order chi connectivity index (χ0) is 14.8. The predicted octanol–water partition coefficient (Wildman–Crippen LogP) is 3.73.